The molecule has 0 amide bonds. The highest BCUT2D eigenvalue weighted by atomic mass is 79.9. The summed E-state index contributed by atoms with van der Waals surface area (Å²) in [6.45, 7) is 1.99. The SMILES string of the molecule is CNc1ncnc(Oc2ccccc2C)c1Br. The minimum atomic E-state index is 0.499. The van der Waals surface area contributed by atoms with Gasteiger partial charge in [0.2, 0.25) is 5.88 Å². The van der Waals surface area contributed by atoms with E-state index in [9.17, 15) is 0 Å². The fourth-order valence-corrected chi connectivity index (χ4v) is 1.86. The van der Waals surface area contributed by atoms with Gasteiger partial charge in [-0.3, -0.25) is 0 Å². The molecular formula is C12H12BrN3O. The lowest BCUT2D eigenvalue weighted by atomic mass is 10.2. The standard InChI is InChI=1S/C12H12BrN3O/c1-8-5-3-4-6-9(8)17-12-10(13)11(14-2)15-7-16-12/h3-7H,1-2H3,(H,14,15,16). The first-order valence-electron chi connectivity index (χ1n) is 5.14. The Balaban J connectivity index is 2.34. The van der Waals surface area contributed by atoms with E-state index in [1.807, 2.05) is 31.2 Å². The Morgan fingerprint density at radius 2 is 2.00 bits per heavy atom. The van der Waals surface area contributed by atoms with E-state index in [0.717, 1.165) is 11.3 Å². The van der Waals surface area contributed by atoms with Crippen LogP contribution in [0, 0.1) is 6.92 Å². The highest BCUT2D eigenvalue weighted by molar-refractivity contribution is 9.10. The van der Waals surface area contributed by atoms with Gasteiger partial charge in [0, 0.05) is 7.05 Å². The van der Waals surface area contributed by atoms with E-state index in [1.165, 1.54) is 6.33 Å². The predicted octanol–water partition coefficient (Wildman–Crippen LogP) is 3.38. The number of nitrogens with one attached hydrogen (secondary N) is 1. The molecule has 0 aliphatic carbocycles. The third kappa shape index (κ3) is 2.55. The summed E-state index contributed by atoms with van der Waals surface area (Å²) in [5.41, 5.74) is 1.06. The molecule has 0 aliphatic heterocycles. The number of aromatic nitrogens is 2. The summed E-state index contributed by atoms with van der Waals surface area (Å²) in [5.74, 6) is 1.98. The number of aryl methyl sites for hydroxylation is 1. The molecule has 2 aromatic rings. The average molecular weight is 294 g/mol. The molecule has 0 aliphatic rings. The van der Waals surface area contributed by atoms with Crippen LogP contribution in [0.2, 0.25) is 0 Å². The Hall–Kier alpha value is -1.62. The number of hydrogen-bond donors (Lipinski definition) is 1. The molecule has 1 heterocycles. The summed E-state index contributed by atoms with van der Waals surface area (Å²) < 4.78 is 6.46. The number of rotatable bonds is 3. The van der Waals surface area contributed by atoms with Crippen LogP contribution in [-0.2, 0) is 0 Å². The van der Waals surface area contributed by atoms with E-state index in [2.05, 4.69) is 31.2 Å². The van der Waals surface area contributed by atoms with Gasteiger partial charge in [-0.2, -0.15) is 0 Å². The van der Waals surface area contributed by atoms with Crippen molar-refractivity contribution < 1.29 is 4.74 Å². The first kappa shape index (κ1) is 11.9. The Bertz CT molecular complexity index is 531. The molecule has 0 spiro atoms. The molecule has 0 atom stereocenters. The predicted molar refractivity (Wildman–Crippen MR) is 70.5 cm³/mol. The van der Waals surface area contributed by atoms with Crippen LogP contribution in [0.5, 0.6) is 11.6 Å². The van der Waals surface area contributed by atoms with E-state index in [4.69, 9.17) is 4.74 Å². The Morgan fingerprint density at radius 3 is 2.71 bits per heavy atom. The first-order chi connectivity index (χ1) is 8.22. The lowest BCUT2D eigenvalue weighted by molar-refractivity contribution is 0.455. The van der Waals surface area contributed by atoms with Crippen molar-refractivity contribution in [2.45, 2.75) is 6.92 Å². The van der Waals surface area contributed by atoms with Gasteiger partial charge in [0.25, 0.3) is 0 Å². The Morgan fingerprint density at radius 1 is 1.24 bits per heavy atom. The van der Waals surface area contributed by atoms with Gasteiger partial charge >= 0.3 is 0 Å². The normalized spacial score (nSPS) is 10.1. The molecule has 2 rings (SSSR count). The maximum absolute atomic E-state index is 5.74. The third-order valence-electron chi connectivity index (χ3n) is 2.29. The van der Waals surface area contributed by atoms with E-state index in [1.54, 1.807) is 7.05 Å². The summed E-state index contributed by atoms with van der Waals surface area (Å²) in [7, 11) is 1.80. The topological polar surface area (TPSA) is 47.0 Å². The van der Waals surface area contributed by atoms with Crippen LogP contribution in [0.25, 0.3) is 0 Å². The summed E-state index contributed by atoms with van der Waals surface area (Å²) in [5, 5.41) is 2.96. The molecule has 5 heteroatoms. The maximum Gasteiger partial charge on any atom is 0.238 e. The van der Waals surface area contributed by atoms with E-state index >= 15 is 0 Å². The molecule has 0 saturated heterocycles. The largest absolute Gasteiger partial charge is 0.437 e. The van der Waals surface area contributed by atoms with Crippen LogP contribution < -0.4 is 10.1 Å². The average Bonchev–Trinajstić information content (AvgIpc) is 2.34. The van der Waals surface area contributed by atoms with Crippen LogP contribution in [0.1, 0.15) is 5.56 Å². The van der Waals surface area contributed by atoms with Crippen molar-refractivity contribution in [3.05, 3.63) is 40.6 Å². The van der Waals surface area contributed by atoms with Crippen molar-refractivity contribution in [1.82, 2.24) is 9.97 Å². The molecule has 1 aromatic carbocycles. The number of benzene rings is 1. The molecule has 1 aromatic heterocycles. The van der Waals surface area contributed by atoms with Crippen LogP contribution in [-0.4, -0.2) is 17.0 Å². The van der Waals surface area contributed by atoms with Crippen molar-refractivity contribution in [3.63, 3.8) is 0 Å². The van der Waals surface area contributed by atoms with Gasteiger partial charge in [0.1, 0.15) is 22.4 Å². The van der Waals surface area contributed by atoms with Gasteiger partial charge in [-0.15, -0.1) is 0 Å². The van der Waals surface area contributed by atoms with Crippen molar-refractivity contribution in [3.8, 4) is 11.6 Å². The molecule has 4 nitrogen and oxygen atoms in total. The number of para-hydroxylation sites is 1. The van der Waals surface area contributed by atoms with Crippen LogP contribution in [0.3, 0.4) is 0 Å². The number of anilines is 1. The molecular weight excluding hydrogens is 282 g/mol. The second-order valence-corrected chi connectivity index (χ2v) is 4.25. The molecule has 88 valence electrons. The van der Waals surface area contributed by atoms with Crippen molar-refractivity contribution >= 4 is 21.7 Å². The minimum absolute atomic E-state index is 0.499. The molecule has 1 N–H and O–H groups in total. The van der Waals surface area contributed by atoms with Crippen molar-refractivity contribution in [2.24, 2.45) is 0 Å². The van der Waals surface area contributed by atoms with E-state index in [-0.39, 0.29) is 0 Å². The van der Waals surface area contributed by atoms with Crippen LogP contribution >= 0.6 is 15.9 Å². The smallest absolute Gasteiger partial charge is 0.238 e. The molecule has 17 heavy (non-hydrogen) atoms. The van der Waals surface area contributed by atoms with Gasteiger partial charge < -0.3 is 10.1 Å². The van der Waals surface area contributed by atoms with E-state index in [0.29, 0.717) is 16.2 Å². The minimum Gasteiger partial charge on any atom is -0.437 e. The van der Waals surface area contributed by atoms with Gasteiger partial charge in [0.15, 0.2) is 0 Å². The quantitative estimate of drug-likeness (QED) is 0.942. The Labute approximate surface area is 108 Å². The van der Waals surface area contributed by atoms with Crippen molar-refractivity contribution in [2.75, 3.05) is 12.4 Å². The maximum atomic E-state index is 5.74. The number of halogens is 1. The highest BCUT2D eigenvalue weighted by Crippen LogP contribution is 2.32. The molecule has 0 radical (unpaired) electrons. The third-order valence-corrected chi connectivity index (χ3v) is 3.01. The van der Waals surface area contributed by atoms with Crippen LogP contribution in [0.15, 0.2) is 35.1 Å². The van der Waals surface area contributed by atoms with Gasteiger partial charge in [0.05, 0.1) is 0 Å². The van der Waals surface area contributed by atoms with E-state index < -0.39 is 0 Å². The molecule has 0 saturated carbocycles. The first-order valence-corrected chi connectivity index (χ1v) is 5.93. The highest BCUT2D eigenvalue weighted by Gasteiger charge is 2.10. The zero-order chi connectivity index (χ0) is 12.3. The van der Waals surface area contributed by atoms with Crippen LogP contribution in [0.4, 0.5) is 5.82 Å². The lowest BCUT2D eigenvalue weighted by Gasteiger charge is -2.10. The van der Waals surface area contributed by atoms with Crippen molar-refractivity contribution in [1.29, 1.82) is 0 Å². The second-order valence-electron chi connectivity index (χ2n) is 3.46. The summed E-state index contributed by atoms with van der Waals surface area (Å²) in [6.07, 6.45) is 1.46. The number of ether oxygens (including phenoxy) is 1. The molecule has 0 fully saturated rings. The summed E-state index contributed by atoms with van der Waals surface area (Å²) in [4.78, 5) is 8.18. The fraction of sp³-hybridized carbons (Fsp3) is 0.167. The summed E-state index contributed by atoms with van der Waals surface area (Å²) >= 11 is 3.41. The Kier molecular flexibility index (Phi) is 3.58. The van der Waals surface area contributed by atoms with Gasteiger partial charge in [-0.1, -0.05) is 18.2 Å². The zero-order valence-corrected chi connectivity index (χ0v) is 11.2. The fourth-order valence-electron chi connectivity index (χ4n) is 1.37. The van der Waals surface area contributed by atoms with Gasteiger partial charge in [-0.05, 0) is 34.5 Å². The monoisotopic (exact) mass is 293 g/mol. The second kappa shape index (κ2) is 5.14. The zero-order valence-electron chi connectivity index (χ0n) is 9.57. The lowest BCUT2D eigenvalue weighted by Crippen LogP contribution is -1.98. The number of nitrogens with zero attached hydrogens (tertiary/aromatic N) is 2. The van der Waals surface area contributed by atoms with Gasteiger partial charge in [-0.25, -0.2) is 9.97 Å². The molecule has 0 bridgehead atoms. The number of hydrogen-bond acceptors (Lipinski definition) is 4. The molecule has 0 unspecified atom stereocenters. The summed E-state index contributed by atoms with van der Waals surface area (Å²) in [6, 6.07) is 7.79.